The van der Waals surface area contributed by atoms with Crippen molar-refractivity contribution in [2.24, 2.45) is 0 Å². The van der Waals surface area contributed by atoms with E-state index in [1.54, 1.807) is 11.3 Å². The number of aryl methyl sites for hydroxylation is 1. The van der Waals surface area contributed by atoms with E-state index in [0.717, 1.165) is 19.3 Å². The smallest absolute Gasteiger partial charge is 0.303 e. The number of hydrogen-bond acceptors (Lipinski definition) is 2. The van der Waals surface area contributed by atoms with E-state index in [1.807, 2.05) is 6.92 Å². The maximum absolute atomic E-state index is 10.7. The van der Waals surface area contributed by atoms with Gasteiger partial charge in [0.15, 0.2) is 0 Å². The Morgan fingerprint density at radius 1 is 1.47 bits per heavy atom. The molecule has 0 spiro atoms. The van der Waals surface area contributed by atoms with Gasteiger partial charge in [-0.25, -0.2) is 0 Å². The summed E-state index contributed by atoms with van der Waals surface area (Å²) in [7, 11) is 0. The average Bonchev–Trinajstić information content (AvgIpc) is 2.63. The first kappa shape index (κ1) is 12.2. The normalized spacial score (nSPS) is 12.7. The van der Waals surface area contributed by atoms with E-state index in [-0.39, 0.29) is 12.3 Å². The summed E-state index contributed by atoms with van der Waals surface area (Å²) in [5.74, 6) is -0.509. The van der Waals surface area contributed by atoms with E-state index in [0.29, 0.717) is 0 Å². The second-order valence-corrected chi connectivity index (χ2v) is 4.96. The van der Waals surface area contributed by atoms with Gasteiger partial charge in [-0.15, -0.1) is 11.3 Å². The first-order valence-corrected chi connectivity index (χ1v) is 6.29. The molecule has 1 unspecified atom stereocenters. The van der Waals surface area contributed by atoms with E-state index in [1.165, 1.54) is 9.75 Å². The molecule has 2 nitrogen and oxygen atoms in total. The molecule has 1 rings (SSSR count). The molecule has 0 saturated carbocycles. The number of thiophene rings is 1. The molecule has 0 aromatic carbocycles. The van der Waals surface area contributed by atoms with Crippen LogP contribution in [-0.4, -0.2) is 11.1 Å². The van der Waals surface area contributed by atoms with Crippen LogP contribution in [0.4, 0.5) is 0 Å². The summed E-state index contributed by atoms with van der Waals surface area (Å²) in [6.07, 6.45) is 3.41. The largest absolute Gasteiger partial charge is 0.481 e. The molecule has 0 bridgehead atoms. The zero-order chi connectivity index (χ0) is 11.3. The van der Waals surface area contributed by atoms with Crippen molar-refractivity contribution in [2.45, 2.75) is 45.4 Å². The van der Waals surface area contributed by atoms with Gasteiger partial charge in [0.25, 0.3) is 0 Å². The molecule has 1 atom stereocenters. The molecular weight excluding hydrogens is 208 g/mol. The van der Waals surface area contributed by atoms with Gasteiger partial charge in [0.05, 0.1) is 6.42 Å². The minimum absolute atomic E-state index is 0.193. The highest BCUT2D eigenvalue weighted by atomic mass is 32.1. The molecule has 0 aliphatic carbocycles. The van der Waals surface area contributed by atoms with Crippen molar-refractivity contribution in [2.75, 3.05) is 0 Å². The first-order chi connectivity index (χ1) is 7.17. The van der Waals surface area contributed by atoms with Crippen LogP contribution in [0.15, 0.2) is 12.1 Å². The molecule has 0 amide bonds. The van der Waals surface area contributed by atoms with Crippen molar-refractivity contribution in [1.29, 1.82) is 0 Å². The van der Waals surface area contributed by atoms with E-state index >= 15 is 0 Å². The predicted molar refractivity (Wildman–Crippen MR) is 63.6 cm³/mol. The minimum atomic E-state index is -0.702. The van der Waals surface area contributed by atoms with E-state index in [2.05, 4.69) is 19.1 Å². The van der Waals surface area contributed by atoms with Crippen LogP contribution in [0.25, 0.3) is 0 Å². The van der Waals surface area contributed by atoms with E-state index in [9.17, 15) is 4.79 Å². The lowest BCUT2D eigenvalue weighted by Gasteiger charge is -2.09. The maximum Gasteiger partial charge on any atom is 0.303 e. The molecule has 1 N–H and O–H groups in total. The second kappa shape index (κ2) is 5.91. The summed E-state index contributed by atoms with van der Waals surface area (Å²) in [5.41, 5.74) is 0. The van der Waals surface area contributed by atoms with Gasteiger partial charge in [0.2, 0.25) is 0 Å². The summed E-state index contributed by atoms with van der Waals surface area (Å²) >= 11 is 1.77. The third-order valence-corrected chi connectivity index (χ3v) is 3.80. The molecule has 1 aromatic heterocycles. The van der Waals surface area contributed by atoms with Crippen molar-refractivity contribution in [3.05, 3.63) is 21.9 Å². The molecule has 0 saturated heterocycles. The fraction of sp³-hybridized carbons (Fsp3) is 0.583. The van der Waals surface area contributed by atoms with Gasteiger partial charge in [0, 0.05) is 15.7 Å². The molecule has 1 aromatic rings. The Bertz CT molecular complexity index is 317. The predicted octanol–water partition coefficient (Wildman–Crippen LogP) is 3.67. The topological polar surface area (TPSA) is 37.3 Å². The summed E-state index contributed by atoms with van der Waals surface area (Å²) in [6.45, 7) is 4.21. The van der Waals surface area contributed by atoms with Crippen LogP contribution < -0.4 is 0 Å². The van der Waals surface area contributed by atoms with Crippen LogP contribution in [-0.2, 0) is 11.2 Å². The zero-order valence-corrected chi connectivity index (χ0v) is 10.1. The summed E-state index contributed by atoms with van der Waals surface area (Å²) in [6, 6.07) is 4.22. The van der Waals surface area contributed by atoms with Gasteiger partial charge in [-0.3, -0.25) is 4.79 Å². The van der Waals surface area contributed by atoms with Crippen LogP contribution in [0, 0.1) is 0 Å². The lowest BCUT2D eigenvalue weighted by atomic mass is 10.0. The molecule has 1 heterocycles. The zero-order valence-electron chi connectivity index (χ0n) is 9.32. The molecule has 15 heavy (non-hydrogen) atoms. The van der Waals surface area contributed by atoms with Gasteiger partial charge < -0.3 is 5.11 Å². The molecule has 0 aliphatic rings. The van der Waals surface area contributed by atoms with Crippen LogP contribution >= 0.6 is 11.3 Å². The molecule has 3 heteroatoms. The van der Waals surface area contributed by atoms with Crippen molar-refractivity contribution in [3.63, 3.8) is 0 Å². The Labute approximate surface area is 94.9 Å². The fourth-order valence-corrected chi connectivity index (χ4v) is 2.95. The number of rotatable bonds is 6. The molecule has 0 radical (unpaired) electrons. The number of carboxylic acids is 1. The highest BCUT2D eigenvalue weighted by Gasteiger charge is 2.15. The third-order valence-electron chi connectivity index (χ3n) is 2.50. The highest BCUT2D eigenvalue weighted by Crippen LogP contribution is 2.30. The molecular formula is C12H18O2S. The fourth-order valence-electron chi connectivity index (χ4n) is 1.65. The van der Waals surface area contributed by atoms with Gasteiger partial charge in [-0.2, -0.15) is 0 Å². The monoisotopic (exact) mass is 226 g/mol. The van der Waals surface area contributed by atoms with Crippen LogP contribution in [0.3, 0.4) is 0 Å². The Balaban J connectivity index is 2.69. The van der Waals surface area contributed by atoms with Crippen LogP contribution in [0.5, 0.6) is 0 Å². The first-order valence-electron chi connectivity index (χ1n) is 5.47. The number of aliphatic carboxylic acids is 1. The van der Waals surface area contributed by atoms with Crippen molar-refractivity contribution < 1.29 is 9.90 Å². The lowest BCUT2D eigenvalue weighted by Crippen LogP contribution is -2.03. The molecule has 0 fully saturated rings. The van der Waals surface area contributed by atoms with Crippen molar-refractivity contribution in [1.82, 2.24) is 0 Å². The number of carboxylic acid groups (broad SMARTS) is 1. The lowest BCUT2D eigenvalue weighted by molar-refractivity contribution is -0.137. The summed E-state index contributed by atoms with van der Waals surface area (Å²) in [5, 5.41) is 8.79. The second-order valence-electron chi connectivity index (χ2n) is 3.76. The minimum Gasteiger partial charge on any atom is -0.481 e. The average molecular weight is 226 g/mol. The van der Waals surface area contributed by atoms with Gasteiger partial charge >= 0.3 is 5.97 Å². The van der Waals surface area contributed by atoms with E-state index in [4.69, 9.17) is 5.11 Å². The standard InChI is InChI=1S/C12H18O2S/c1-3-5-10-6-7-11(15-10)9(4-2)8-12(13)14/h6-7,9H,3-5,8H2,1-2H3,(H,13,14). The molecule has 0 aliphatic heterocycles. The maximum atomic E-state index is 10.7. The quantitative estimate of drug-likeness (QED) is 0.803. The van der Waals surface area contributed by atoms with Gasteiger partial charge in [-0.1, -0.05) is 20.3 Å². The highest BCUT2D eigenvalue weighted by molar-refractivity contribution is 7.12. The Morgan fingerprint density at radius 3 is 2.73 bits per heavy atom. The number of carbonyl (C=O) groups is 1. The van der Waals surface area contributed by atoms with Gasteiger partial charge in [-0.05, 0) is 25.0 Å². The SMILES string of the molecule is CCCc1ccc(C(CC)CC(=O)O)s1. The van der Waals surface area contributed by atoms with E-state index < -0.39 is 5.97 Å². The third kappa shape index (κ3) is 3.67. The summed E-state index contributed by atoms with van der Waals surface area (Å²) < 4.78 is 0. The molecule has 84 valence electrons. The Hall–Kier alpha value is -0.830. The van der Waals surface area contributed by atoms with Gasteiger partial charge in [0.1, 0.15) is 0 Å². The Kier molecular flexibility index (Phi) is 4.82. The number of hydrogen-bond donors (Lipinski definition) is 1. The Morgan fingerprint density at radius 2 is 2.20 bits per heavy atom. The van der Waals surface area contributed by atoms with Crippen LogP contribution in [0.2, 0.25) is 0 Å². The van der Waals surface area contributed by atoms with Crippen LogP contribution in [0.1, 0.15) is 48.8 Å². The van der Waals surface area contributed by atoms with Crippen molar-refractivity contribution in [3.8, 4) is 0 Å². The summed E-state index contributed by atoms with van der Waals surface area (Å²) in [4.78, 5) is 13.3. The van der Waals surface area contributed by atoms with Crippen molar-refractivity contribution >= 4 is 17.3 Å².